The first-order valence-corrected chi connectivity index (χ1v) is 8.89. The van der Waals surface area contributed by atoms with Crippen LogP contribution in [0.25, 0.3) is 0 Å². The Kier molecular flexibility index (Phi) is 4.75. The van der Waals surface area contributed by atoms with Gasteiger partial charge in [-0.25, -0.2) is 9.18 Å². The van der Waals surface area contributed by atoms with Crippen LogP contribution >= 0.6 is 0 Å². The highest BCUT2D eigenvalue weighted by atomic mass is 19.1. The maximum atomic E-state index is 15.1. The number of anilines is 1. The van der Waals surface area contributed by atoms with Crippen LogP contribution in [-0.4, -0.2) is 42.4 Å². The third-order valence-corrected chi connectivity index (χ3v) is 4.73. The fourth-order valence-electron chi connectivity index (χ4n) is 3.31. The van der Waals surface area contributed by atoms with E-state index >= 15 is 4.39 Å². The van der Waals surface area contributed by atoms with Gasteiger partial charge in [0.15, 0.2) is 5.54 Å². The third kappa shape index (κ3) is 3.44. The Bertz CT molecular complexity index is 998. The van der Waals surface area contributed by atoms with Crippen molar-refractivity contribution in [2.24, 2.45) is 15.4 Å². The summed E-state index contributed by atoms with van der Waals surface area (Å²) >= 11 is 0. The molecule has 0 aliphatic carbocycles. The Morgan fingerprint density at radius 1 is 1.41 bits per heavy atom. The minimum absolute atomic E-state index is 0.194. The van der Waals surface area contributed by atoms with Gasteiger partial charge in [-0.05, 0) is 23.4 Å². The molecule has 3 heterocycles. The first kappa shape index (κ1) is 18.7. The molecular formula is C19H17FN6O3. The van der Waals surface area contributed by atoms with Gasteiger partial charge in [0.05, 0.1) is 25.0 Å². The van der Waals surface area contributed by atoms with Crippen molar-refractivity contribution in [2.75, 3.05) is 18.0 Å². The molecule has 1 aromatic heterocycles. The van der Waals surface area contributed by atoms with E-state index in [0.717, 1.165) is 0 Å². The lowest BCUT2D eigenvalue weighted by molar-refractivity contribution is -0.119. The number of halogens is 1. The molecule has 2 aliphatic rings. The van der Waals surface area contributed by atoms with Crippen LogP contribution in [0.15, 0.2) is 58.2 Å². The molecule has 0 radical (unpaired) electrons. The second-order valence-electron chi connectivity index (χ2n) is 6.66. The number of hydrogen-bond acceptors (Lipinski definition) is 7. The molecule has 1 N–H and O–H groups in total. The number of aromatic nitrogens is 1. The summed E-state index contributed by atoms with van der Waals surface area (Å²) in [6.07, 6.45) is 3.53. The van der Waals surface area contributed by atoms with E-state index in [0.29, 0.717) is 11.3 Å². The number of benzene rings is 1. The number of carbonyl (C=O) groups excluding carboxylic acids is 2. The quantitative estimate of drug-likeness (QED) is 0.837. The van der Waals surface area contributed by atoms with Crippen molar-refractivity contribution in [1.82, 2.24) is 10.3 Å². The summed E-state index contributed by atoms with van der Waals surface area (Å²) in [7, 11) is 0. The van der Waals surface area contributed by atoms with Gasteiger partial charge >= 0.3 is 6.09 Å². The lowest BCUT2D eigenvalue weighted by atomic mass is 9.85. The summed E-state index contributed by atoms with van der Waals surface area (Å²) in [5.41, 5.74) is -0.0138. The number of carbonyl (C=O) groups is 2. The summed E-state index contributed by atoms with van der Waals surface area (Å²) in [5.74, 6) is -0.792. The van der Waals surface area contributed by atoms with Crippen molar-refractivity contribution in [3.8, 4) is 0 Å². The van der Waals surface area contributed by atoms with Gasteiger partial charge in [0.2, 0.25) is 5.91 Å². The molecule has 2 aromatic rings. The molecule has 0 unspecified atom stereocenters. The average molecular weight is 396 g/mol. The summed E-state index contributed by atoms with van der Waals surface area (Å²) in [4.78, 5) is 28.6. The number of cyclic esters (lactones) is 1. The van der Waals surface area contributed by atoms with Crippen molar-refractivity contribution in [3.63, 3.8) is 0 Å². The predicted molar refractivity (Wildman–Crippen MR) is 101 cm³/mol. The van der Waals surface area contributed by atoms with E-state index in [1.807, 2.05) is 0 Å². The molecule has 148 valence electrons. The Hall–Kier alpha value is -3.69. The zero-order valence-corrected chi connectivity index (χ0v) is 15.4. The number of amides is 2. The van der Waals surface area contributed by atoms with Crippen molar-refractivity contribution in [3.05, 3.63) is 59.7 Å². The van der Waals surface area contributed by atoms with Gasteiger partial charge in [-0.15, -0.1) is 10.2 Å². The largest absolute Gasteiger partial charge is 0.442 e. The van der Waals surface area contributed by atoms with E-state index in [4.69, 9.17) is 4.74 Å². The second kappa shape index (κ2) is 7.38. The zero-order chi connectivity index (χ0) is 20.4. The first-order chi connectivity index (χ1) is 14.0. The molecule has 0 bridgehead atoms. The van der Waals surface area contributed by atoms with Crippen molar-refractivity contribution >= 4 is 23.9 Å². The molecule has 1 aromatic carbocycles. The van der Waals surface area contributed by atoms with Crippen LogP contribution in [0.2, 0.25) is 0 Å². The van der Waals surface area contributed by atoms with Gasteiger partial charge in [-0.2, -0.15) is 0 Å². The number of pyridine rings is 1. The maximum absolute atomic E-state index is 15.1. The van der Waals surface area contributed by atoms with E-state index < -0.39 is 23.6 Å². The fourth-order valence-corrected chi connectivity index (χ4v) is 3.31. The van der Waals surface area contributed by atoms with E-state index in [1.165, 1.54) is 24.1 Å². The zero-order valence-electron chi connectivity index (χ0n) is 15.4. The number of ether oxygens (including phenoxy) is 1. The number of hydrogen-bond donors (Lipinski definition) is 1. The Balaban J connectivity index is 1.62. The normalized spacial score (nSPS) is 22.8. The Morgan fingerprint density at radius 2 is 2.28 bits per heavy atom. The van der Waals surface area contributed by atoms with E-state index in [-0.39, 0.29) is 24.6 Å². The molecule has 2 amide bonds. The van der Waals surface area contributed by atoms with Crippen LogP contribution in [0.3, 0.4) is 0 Å². The highest BCUT2D eigenvalue weighted by Gasteiger charge is 2.39. The van der Waals surface area contributed by atoms with Gasteiger partial charge in [-0.3, -0.25) is 14.7 Å². The highest BCUT2D eigenvalue weighted by molar-refractivity contribution is 5.90. The van der Waals surface area contributed by atoms with Crippen molar-refractivity contribution in [2.45, 2.75) is 18.6 Å². The number of nitrogens with one attached hydrogen (secondary N) is 1. The molecule has 0 spiro atoms. The second-order valence-corrected chi connectivity index (χ2v) is 6.66. The smallest absolute Gasteiger partial charge is 0.414 e. The standard InChI is InChI=1S/C19H17FN6O3/c1-12(27)22-9-15-10-26(18(28)29-15)14-4-5-16(17(20)7-14)19(11-23-25-24-19)13-3-2-6-21-8-13/h2-8,11,15H,9-10H2,1H3,(H,22,27)/t15-,19-/m0/s1. The van der Waals surface area contributed by atoms with Crippen molar-refractivity contribution < 1.29 is 18.7 Å². The van der Waals surface area contributed by atoms with Crippen LogP contribution in [0.4, 0.5) is 14.9 Å². The van der Waals surface area contributed by atoms with Gasteiger partial charge in [0.25, 0.3) is 0 Å². The Labute approximate surface area is 165 Å². The average Bonchev–Trinajstić information content (AvgIpc) is 3.34. The van der Waals surface area contributed by atoms with Crippen LogP contribution in [0, 0.1) is 5.82 Å². The molecule has 9 nitrogen and oxygen atoms in total. The predicted octanol–water partition coefficient (Wildman–Crippen LogP) is 2.38. The third-order valence-electron chi connectivity index (χ3n) is 4.73. The minimum Gasteiger partial charge on any atom is -0.442 e. The maximum Gasteiger partial charge on any atom is 0.414 e. The summed E-state index contributed by atoms with van der Waals surface area (Å²) in [6, 6.07) is 7.89. The molecule has 1 fully saturated rings. The monoisotopic (exact) mass is 396 g/mol. The topological polar surface area (TPSA) is 109 Å². The van der Waals surface area contributed by atoms with E-state index in [1.54, 1.807) is 36.7 Å². The molecule has 4 rings (SSSR count). The van der Waals surface area contributed by atoms with Crippen LogP contribution in [0.1, 0.15) is 18.1 Å². The molecule has 2 atom stereocenters. The summed E-state index contributed by atoms with van der Waals surface area (Å²) in [6.45, 7) is 1.77. The first-order valence-electron chi connectivity index (χ1n) is 8.89. The minimum atomic E-state index is -1.21. The lowest BCUT2D eigenvalue weighted by Gasteiger charge is -2.23. The highest BCUT2D eigenvalue weighted by Crippen LogP contribution is 2.38. The molecule has 10 heteroatoms. The molecule has 0 saturated carbocycles. The van der Waals surface area contributed by atoms with Crippen LogP contribution in [-0.2, 0) is 15.1 Å². The summed E-state index contributed by atoms with van der Waals surface area (Å²) < 4.78 is 20.4. The van der Waals surface area contributed by atoms with Gasteiger partial charge in [0, 0.05) is 30.4 Å². The molecular weight excluding hydrogens is 379 g/mol. The lowest BCUT2D eigenvalue weighted by Crippen LogP contribution is -2.33. The number of rotatable bonds is 5. The van der Waals surface area contributed by atoms with Crippen LogP contribution in [0.5, 0.6) is 0 Å². The Morgan fingerprint density at radius 3 is 2.93 bits per heavy atom. The van der Waals surface area contributed by atoms with Gasteiger partial charge in [-0.1, -0.05) is 12.1 Å². The molecule has 1 saturated heterocycles. The SMILES string of the molecule is CC(=O)NC[C@H]1CN(c2ccc([C@@]3(c4cccnc4)C=NN=N3)c(F)c2)C(=O)O1. The van der Waals surface area contributed by atoms with Gasteiger partial charge < -0.3 is 10.1 Å². The van der Waals surface area contributed by atoms with E-state index in [9.17, 15) is 9.59 Å². The molecule has 29 heavy (non-hydrogen) atoms. The summed E-state index contributed by atoms with van der Waals surface area (Å²) in [5, 5.41) is 14.2. The van der Waals surface area contributed by atoms with Gasteiger partial charge in [0.1, 0.15) is 11.9 Å². The fraction of sp³-hybridized carbons (Fsp3) is 0.263. The van der Waals surface area contributed by atoms with Crippen molar-refractivity contribution in [1.29, 1.82) is 0 Å². The van der Waals surface area contributed by atoms with E-state index in [2.05, 4.69) is 25.7 Å². The molecule has 2 aliphatic heterocycles. The van der Waals surface area contributed by atoms with Crippen LogP contribution < -0.4 is 10.2 Å². The number of nitrogens with zero attached hydrogens (tertiary/aromatic N) is 5.